The molecule has 0 unspecified atom stereocenters. The Morgan fingerprint density at radius 3 is 2.54 bits per heavy atom. The number of benzene rings is 1. The highest BCUT2D eigenvalue weighted by atomic mass is 16.5. The van der Waals surface area contributed by atoms with Gasteiger partial charge in [0.15, 0.2) is 11.5 Å². The zero-order valence-corrected chi connectivity index (χ0v) is 14.4. The lowest BCUT2D eigenvalue weighted by atomic mass is 10.1. The fourth-order valence-corrected chi connectivity index (χ4v) is 3.09. The van der Waals surface area contributed by atoms with Gasteiger partial charge in [-0.3, -0.25) is 0 Å². The number of aromatic nitrogens is 1. The number of anilines is 1. The first-order chi connectivity index (χ1) is 11.8. The highest BCUT2D eigenvalue weighted by Crippen LogP contribution is 2.30. The molecule has 1 aromatic carbocycles. The van der Waals surface area contributed by atoms with E-state index in [0.717, 1.165) is 42.5 Å². The Kier molecular flexibility index (Phi) is 5.54. The van der Waals surface area contributed by atoms with Crippen molar-refractivity contribution in [1.29, 1.82) is 0 Å². The summed E-state index contributed by atoms with van der Waals surface area (Å²) in [7, 11) is 3.32. The van der Waals surface area contributed by atoms with Gasteiger partial charge in [-0.2, -0.15) is 0 Å². The third kappa shape index (κ3) is 3.79. The summed E-state index contributed by atoms with van der Waals surface area (Å²) in [5, 5.41) is 3.44. The Balaban J connectivity index is 1.56. The number of hydrogen-bond donors (Lipinski definition) is 1. The number of hydrogen-bond acceptors (Lipinski definition) is 5. The van der Waals surface area contributed by atoms with Gasteiger partial charge in [-0.15, -0.1) is 0 Å². The highest BCUT2D eigenvalue weighted by Gasteiger charge is 2.13. The first-order valence-electron chi connectivity index (χ1n) is 8.42. The van der Waals surface area contributed by atoms with Crippen molar-refractivity contribution in [2.45, 2.75) is 25.9 Å². The first-order valence-corrected chi connectivity index (χ1v) is 8.42. The summed E-state index contributed by atoms with van der Waals surface area (Å²) < 4.78 is 10.8. The summed E-state index contributed by atoms with van der Waals surface area (Å²) in [6.07, 6.45) is 4.50. The predicted octanol–water partition coefficient (Wildman–Crippen LogP) is 2.99. The van der Waals surface area contributed by atoms with Crippen molar-refractivity contribution in [2.24, 2.45) is 0 Å². The Morgan fingerprint density at radius 2 is 1.88 bits per heavy atom. The molecule has 1 N–H and O–H groups in total. The SMILES string of the molecule is COc1cccc(CNCc2ccc(N3CCCC3)nc2)c1OC. The molecule has 128 valence electrons. The zero-order valence-electron chi connectivity index (χ0n) is 14.4. The molecule has 0 spiro atoms. The topological polar surface area (TPSA) is 46.6 Å². The minimum Gasteiger partial charge on any atom is -0.493 e. The fourth-order valence-electron chi connectivity index (χ4n) is 3.09. The minimum atomic E-state index is 0.717. The standard InChI is InChI=1S/C19H25N3O2/c1-23-17-7-5-6-16(19(17)24-2)14-20-12-15-8-9-18(21-13-15)22-10-3-4-11-22/h5-9,13,20H,3-4,10-12,14H2,1-2H3. The van der Waals surface area contributed by atoms with Gasteiger partial charge >= 0.3 is 0 Å². The number of para-hydroxylation sites is 1. The van der Waals surface area contributed by atoms with Gasteiger partial charge < -0.3 is 19.7 Å². The molecule has 0 atom stereocenters. The molecular weight excluding hydrogens is 302 g/mol. The number of methoxy groups -OCH3 is 2. The Bertz CT molecular complexity index is 652. The van der Waals surface area contributed by atoms with E-state index < -0.39 is 0 Å². The van der Waals surface area contributed by atoms with Gasteiger partial charge in [0.05, 0.1) is 14.2 Å². The van der Waals surface area contributed by atoms with Crippen LogP contribution >= 0.6 is 0 Å². The molecule has 1 aromatic heterocycles. The Labute approximate surface area is 143 Å². The summed E-state index contributed by atoms with van der Waals surface area (Å²) in [6.45, 7) is 3.74. The summed E-state index contributed by atoms with van der Waals surface area (Å²) >= 11 is 0. The van der Waals surface area contributed by atoms with Crippen molar-refractivity contribution in [3.63, 3.8) is 0 Å². The van der Waals surface area contributed by atoms with Crippen molar-refractivity contribution in [3.8, 4) is 11.5 Å². The van der Waals surface area contributed by atoms with Gasteiger partial charge in [0.1, 0.15) is 5.82 Å². The molecule has 1 aliphatic rings. The molecule has 5 heteroatoms. The molecule has 24 heavy (non-hydrogen) atoms. The molecular formula is C19H25N3O2. The number of nitrogens with one attached hydrogen (secondary N) is 1. The summed E-state index contributed by atoms with van der Waals surface area (Å²) in [4.78, 5) is 6.93. The van der Waals surface area contributed by atoms with Crippen LogP contribution in [-0.2, 0) is 13.1 Å². The fraction of sp³-hybridized carbons (Fsp3) is 0.421. The lowest BCUT2D eigenvalue weighted by Gasteiger charge is -2.16. The number of rotatable bonds is 7. The van der Waals surface area contributed by atoms with Gasteiger partial charge in [-0.25, -0.2) is 4.98 Å². The highest BCUT2D eigenvalue weighted by molar-refractivity contribution is 5.46. The lowest BCUT2D eigenvalue weighted by molar-refractivity contribution is 0.350. The van der Waals surface area contributed by atoms with Gasteiger partial charge in [0, 0.05) is 37.9 Å². The third-order valence-electron chi connectivity index (χ3n) is 4.37. The number of pyridine rings is 1. The molecule has 0 amide bonds. The van der Waals surface area contributed by atoms with Gasteiger partial charge in [-0.05, 0) is 30.5 Å². The van der Waals surface area contributed by atoms with E-state index in [0.29, 0.717) is 6.54 Å². The van der Waals surface area contributed by atoms with E-state index in [1.54, 1.807) is 14.2 Å². The van der Waals surface area contributed by atoms with Crippen LogP contribution in [0.2, 0.25) is 0 Å². The van der Waals surface area contributed by atoms with Crippen molar-refractivity contribution in [3.05, 3.63) is 47.7 Å². The molecule has 1 saturated heterocycles. The first kappa shape index (κ1) is 16.6. The van der Waals surface area contributed by atoms with E-state index in [9.17, 15) is 0 Å². The largest absolute Gasteiger partial charge is 0.493 e. The number of ether oxygens (including phenoxy) is 2. The predicted molar refractivity (Wildman–Crippen MR) is 95.8 cm³/mol. The zero-order chi connectivity index (χ0) is 16.8. The summed E-state index contributed by atoms with van der Waals surface area (Å²) in [6, 6.07) is 10.2. The van der Waals surface area contributed by atoms with Crippen LogP contribution in [0.3, 0.4) is 0 Å². The van der Waals surface area contributed by atoms with E-state index in [-0.39, 0.29) is 0 Å². The van der Waals surface area contributed by atoms with E-state index in [1.807, 2.05) is 24.4 Å². The molecule has 5 nitrogen and oxygen atoms in total. The molecule has 0 saturated carbocycles. The average molecular weight is 327 g/mol. The van der Waals surface area contributed by atoms with Gasteiger partial charge in [0.25, 0.3) is 0 Å². The van der Waals surface area contributed by atoms with Gasteiger partial charge in [0.2, 0.25) is 0 Å². The van der Waals surface area contributed by atoms with Crippen molar-refractivity contribution < 1.29 is 9.47 Å². The molecule has 1 aliphatic heterocycles. The second-order valence-electron chi connectivity index (χ2n) is 5.97. The third-order valence-corrected chi connectivity index (χ3v) is 4.37. The van der Waals surface area contributed by atoms with Crippen LogP contribution in [-0.4, -0.2) is 32.3 Å². The van der Waals surface area contributed by atoms with Crippen molar-refractivity contribution in [2.75, 3.05) is 32.2 Å². The molecule has 2 aromatic rings. The van der Waals surface area contributed by atoms with Crippen LogP contribution in [0.1, 0.15) is 24.0 Å². The maximum Gasteiger partial charge on any atom is 0.165 e. The van der Waals surface area contributed by atoms with Crippen molar-refractivity contribution in [1.82, 2.24) is 10.3 Å². The van der Waals surface area contributed by atoms with Crippen molar-refractivity contribution >= 4 is 5.82 Å². The lowest BCUT2D eigenvalue weighted by Crippen LogP contribution is -2.19. The van der Waals surface area contributed by atoms with Crippen LogP contribution < -0.4 is 19.7 Å². The average Bonchev–Trinajstić information content (AvgIpc) is 3.16. The molecule has 0 aliphatic carbocycles. The van der Waals surface area contributed by atoms with Gasteiger partial charge in [-0.1, -0.05) is 18.2 Å². The van der Waals surface area contributed by atoms with Crippen LogP contribution in [0.4, 0.5) is 5.82 Å². The summed E-state index contributed by atoms with van der Waals surface area (Å²) in [5.41, 5.74) is 2.26. The second kappa shape index (κ2) is 8.02. The summed E-state index contributed by atoms with van der Waals surface area (Å²) in [5.74, 6) is 2.63. The molecule has 1 fully saturated rings. The van der Waals surface area contributed by atoms with E-state index in [2.05, 4.69) is 27.3 Å². The smallest absolute Gasteiger partial charge is 0.165 e. The normalized spacial score (nSPS) is 14.0. The van der Waals surface area contributed by atoms with Crippen LogP contribution in [0, 0.1) is 0 Å². The maximum atomic E-state index is 5.46. The van der Waals surface area contributed by atoms with E-state index in [4.69, 9.17) is 9.47 Å². The second-order valence-corrected chi connectivity index (χ2v) is 5.97. The minimum absolute atomic E-state index is 0.717. The maximum absolute atomic E-state index is 5.46. The molecule has 0 radical (unpaired) electrons. The molecule has 2 heterocycles. The van der Waals surface area contributed by atoms with Crippen LogP contribution in [0.15, 0.2) is 36.5 Å². The quantitative estimate of drug-likeness (QED) is 0.847. The van der Waals surface area contributed by atoms with E-state index >= 15 is 0 Å². The van der Waals surface area contributed by atoms with E-state index in [1.165, 1.54) is 18.4 Å². The molecule has 0 bridgehead atoms. The van der Waals surface area contributed by atoms with Crippen LogP contribution in [0.5, 0.6) is 11.5 Å². The Morgan fingerprint density at radius 1 is 1.04 bits per heavy atom. The Hall–Kier alpha value is -2.27. The number of nitrogens with zero attached hydrogens (tertiary/aromatic N) is 2. The van der Waals surface area contributed by atoms with Crippen LogP contribution in [0.25, 0.3) is 0 Å². The monoisotopic (exact) mass is 327 g/mol. The molecule has 3 rings (SSSR count).